The molecule has 0 aliphatic rings. The van der Waals surface area contributed by atoms with Gasteiger partial charge in [0.1, 0.15) is 8.25 Å². The van der Waals surface area contributed by atoms with Crippen LogP contribution in [0.15, 0.2) is 0 Å². The quantitative estimate of drug-likeness (QED) is 0.464. The van der Waals surface area contributed by atoms with Gasteiger partial charge in [0.25, 0.3) is 0 Å². The molecular formula is C12H31KO4P2. The van der Waals surface area contributed by atoms with Gasteiger partial charge in [-0.1, -0.05) is 40.0 Å². The summed E-state index contributed by atoms with van der Waals surface area (Å²) in [4.78, 5) is 15.7. The zero-order valence-corrected chi connectivity index (χ0v) is 18.1. The van der Waals surface area contributed by atoms with Gasteiger partial charge in [0.15, 0.2) is 0 Å². The second-order valence-electron chi connectivity index (χ2n) is 4.17. The fourth-order valence-corrected chi connectivity index (χ4v) is 4.44. The van der Waals surface area contributed by atoms with Crippen LogP contribution in [0.5, 0.6) is 0 Å². The van der Waals surface area contributed by atoms with Crippen molar-refractivity contribution in [2.45, 2.75) is 59.3 Å². The zero-order valence-electron chi connectivity index (χ0n) is 13.1. The van der Waals surface area contributed by atoms with Gasteiger partial charge < -0.3 is 19.8 Å². The molecule has 0 aliphatic heterocycles. The van der Waals surface area contributed by atoms with Crippen molar-refractivity contribution >= 4 is 16.2 Å². The fraction of sp³-hybridized carbons (Fsp3) is 1.00. The number of hydrogen-bond acceptors (Lipinski definition) is 2. The van der Waals surface area contributed by atoms with Crippen molar-refractivity contribution in [3.05, 3.63) is 0 Å². The van der Waals surface area contributed by atoms with Crippen LogP contribution in [0.4, 0.5) is 0 Å². The van der Waals surface area contributed by atoms with Crippen molar-refractivity contribution in [3.63, 3.8) is 0 Å². The van der Waals surface area contributed by atoms with Crippen molar-refractivity contribution in [1.82, 2.24) is 0 Å². The molecule has 0 saturated heterocycles. The molecule has 0 heterocycles. The van der Waals surface area contributed by atoms with E-state index in [-0.39, 0.29) is 56.9 Å². The van der Waals surface area contributed by atoms with Crippen LogP contribution >= 0.6 is 16.2 Å². The smallest absolute Gasteiger partial charge is 0.781 e. The molecule has 0 aromatic carbocycles. The van der Waals surface area contributed by atoms with E-state index in [0.29, 0.717) is 7.92 Å². The molecular weight excluding hydrogens is 309 g/mol. The predicted molar refractivity (Wildman–Crippen MR) is 81.1 cm³/mol. The largest absolute Gasteiger partial charge is 1.00 e. The third-order valence-electron chi connectivity index (χ3n) is 2.48. The van der Waals surface area contributed by atoms with E-state index in [9.17, 15) is 0 Å². The third kappa shape index (κ3) is 33.2. The summed E-state index contributed by atoms with van der Waals surface area (Å²) >= 11 is 0. The van der Waals surface area contributed by atoms with E-state index >= 15 is 0 Å². The van der Waals surface area contributed by atoms with Gasteiger partial charge in [-0.2, -0.15) is 0 Å². The second-order valence-corrected chi connectivity index (χ2v) is 7.38. The number of rotatable bonds is 9. The van der Waals surface area contributed by atoms with Gasteiger partial charge in [-0.25, -0.2) is 0 Å². The first-order valence-corrected chi connectivity index (χ1v) is 9.86. The molecule has 114 valence electrons. The Labute approximate surface area is 163 Å². The molecule has 1 atom stereocenters. The Morgan fingerprint density at radius 2 is 1.16 bits per heavy atom. The third-order valence-corrected chi connectivity index (χ3v) is 5.33. The maximum absolute atomic E-state index is 8.63. The molecule has 4 nitrogen and oxygen atoms in total. The molecule has 1 unspecified atom stereocenters. The topological polar surface area (TPSA) is 91.9 Å². The Bertz CT molecular complexity index is 151. The molecule has 19 heavy (non-hydrogen) atoms. The Kier molecular flexibility index (Phi) is 38.7. The molecule has 0 rings (SSSR count). The molecule has 0 aromatic rings. The van der Waals surface area contributed by atoms with Crippen LogP contribution in [0.2, 0.25) is 0 Å². The first-order valence-electron chi connectivity index (χ1n) is 6.70. The molecule has 0 aliphatic carbocycles. The molecule has 3 N–H and O–H groups in total. The predicted octanol–water partition coefficient (Wildman–Crippen LogP) is -0.223. The van der Waals surface area contributed by atoms with Gasteiger partial charge in [-0.15, -0.1) is 7.92 Å². The van der Waals surface area contributed by atoms with E-state index in [0.717, 1.165) is 0 Å². The first-order chi connectivity index (χ1) is 8.08. The summed E-state index contributed by atoms with van der Waals surface area (Å²) in [6.45, 7) is 6.94. The first kappa shape index (κ1) is 29.2. The van der Waals surface area contributed by atoms with Gasteiger partial charge in [-0.3, -0.25) is 0 Å². The van der Waals surface area contributed by atoms with Gasteiger partial charge in [0.2, 0.25) is 0 Å². The maximum Gasteiger partial charge on any atom is 1.00 e. The average Bonchev–Trinajstić information content (AvgIpc) is 2.27. The van der Waals surface area contributed by atoms with E-state index in [1.54, 1.807) is 18.5 Å². The molecule has 0 amide bonds. The SMILES string of the molecule is CCCCP(CCCC)CCCC.O.O=[PH]([O-])O.[K+]. The maximum atomic E-state index is 8.63. The average molecular weight is 340 g/mol. The van der Waals surface area contributed by atoms with E-state index in [1.165, 1.54) is 38.5 Å². The summed E-state index contributed by atoms with van der Waals surface area (Å²) in [5.41, 5.74) is 0. The fourth-order valence-electron chi connectivity index (χ4n) is 1.48. The summed E-state index contributed by atoms with van der Waals surface area (Å²) in [7, 11) is -2.96. The van der Waals surface area contributed by atoms with Crippen molar-refractivity contribution in [2.75, 3.05) is 18.5 Å². The van der Waals surface area contributed by atoms with Crippen LogP contribution in [-0.2, 0) is 4.57 Å². The van der Waals surface area contributed by atoms with Crippen LogP contribution in [0.3, 0.4) is 0 Å². The second kappa shape index (κ2) is 25.1. The summed E-state index contributed by atoms with van der Waals surface area (Å²) in [5, 5.41) is 0. The van der Waals surface area contributed by atoms with Crippen LogP contribution in [0.1, 0.15) is 59.3 Å². The van der Waals surface area contributed by atoms with E-state index in [2.05, 4.69) is 20.8 Å². The van der Waals surface area contributed by atoms with Crippen LogP contribution in [0.25, 0.3) is 0 Å². The standard InChI is InChI=1S/C12H27P.K.H3O3P.H2O/c1-4-7-10-13(11-8-5-2)12-9-6-3;;1-4(2)3;/h4-12H2,1-3H3;;4H,(H2,1,2,3);1H2/q;+1;;/p-1. The molecule has 7 heteroatoms. The Morgan fingerprint density at radius 1 is 0.947 bits per heavy atom. The minimum absolute atomic E-state index is 0. The van der Waals surface area contributed by atoms with Crippen molar-refractivity contribution in [3.8, 4) is 0 Å². The molecule has 0 bridgehead atoms. The number of hydrogen-bond donors (Lipinski definition) is 1. The molecule has 0 fully saturated rings. The zero-order chi connectivity index (χ0) is 13.5. The Morgan fingerprint density at radius 3 is 1.32 bits per heavy atom. The molecule has 0 aromatic heterocycles. The molecule has 0 saturated carbocycles. The Hall–Kier alpha value is 2.18. The van der Waals surface area contributed by atoms with Gasteiger partial charge >= 0.3 is 51.4 Å². The summed E-state index contributed by atoms with van der Waals surface area (Å²) in [6.07, 6.45) is 13.2. The van der Waals surface area contributed by atoms with Crippen molar-refractivity contribution in [2.24, 2.45) is 0 Å². The van der Waals surface area contributed by atoms with Crippen LogP contribution < -0.4 is 56.3 Å². The normalized spacial score (nSPS) is 10.8. The van der Waals surface area contributed by atoms with Crippen LogP contribution in [-0.4, -0.2) is 28.9 Å². The van der Waals surface area contributed by atoms with E-state index < -0.39 is 8.25 Å². The van der Waals surface area contributed by atoms with E-state index in [1.807, 2.05) is 0 Å². The molecule has 0 radical (unpaired) electrons. The van der Waals surface area contributed by atoms with Gasteiger partial charge in [-0.05, 0) is 37.7 Å². The molecule has 0 spiro atoms. The van der Waals surface area contributed by atoms with Gasteiger partial charge in [0.05, 0.1) is 0 Å². The summed E-state index contributed by atoms with van der Waals surface area (Å²) in [6, 6.07) is 0. The van der Waals surface area contributed by atoms with Crippen molar-refractivity contribution in [1.29, 1.82) is 0 Å². The summed E-state index contributed by atoms with van der Waals surface area (Å²) in [5.74, 6) is 0. The van der Waals surface area contributed by atoms with Gasteiger partial charge in [0, 0.05) is 0 Å². The monoisotopic (exact) mass is 340 g/mol. The Balaban J connectivity index is -0.000000165. The minimum Gasteiger partial charge on any atom is -0.781 e. The van der Waals surface area contributed by atoms with Crippen molar-refractivity contribution < 1.29 is 71.2 Å². The van der Waals surface area contributed by atoms with E-state index in [4.69, 9.17) is 14.4 Å². The summed E-state index contributed by atoms with van der Waals surface area (Å²) < 4.78 is 8.63. The number of unbranched alkanes of at least 4 members (excludes halogenated alkanes) is 3. The minimum atomic E-state index is -3.38. The van der Waals surface area contributed by atoms with Crippen LogP contribution in [0, 0.1) is 0 Å².